The van der Waals surface area contributed by atoms with E-state index in [1.807, 2.05) is 13.1 Å². The van der Waals surface area contributed by atoms with Crippen molar-refractivity contribution in [1.82, 2.24) is 0 Å². The summed E-state index contributed by atoms with van der Waals surface area (Å²) in [6.45, 7) is 7.24. The van der Waals surface area contributed by atoms with Gasteiger partial charge in [0.2, 0.25) is 0 Å². The first kappa shape index (κ1) is 6.67. The number of aliphatic imine (C=N–C) groups is 1. The summed E-state index contributed by atoms with van der Waals surface area (Å²) >= 11 is 0. The molecule has 0 fully saturated rings. The van der Waals surface area contributed by atoms with Crippen molar-refractivity contribution in [2.45, 2.75) is 20.8 Å². The lowest BCUT2D eigenvalue weighted by atomic mass is 10.2. The molecule has 0 radical (unpaired) electrons. The lowest BCUT2D eigenvalue weighted by Crippen LogP contribution is -1.90. The fourth-order valence-corrected chi connectivity index (χ4v) is 0.316. The van der Waals surface area contributed by atoms with Crippen molar-refractivity contribution in [3.63, 3.8) is 0 Å². The first-order valence-electron chi connectivity index (χ1n) is 2.71. The van der Waals surface area contributed by atoms with Crippen LogP contribution in [0.4, 0.5) is 0 Å². The summed E-state index contributed by atoms with van der Waals surface area (Å²) in [4.78, 5) is 4.05. The lowest BCUT2D eigenvalue weighted by Gasteiger charge is -1.93. The predicted molar refractivity (Wildman–Crippen MR) is 33.9 cm³/mol. The van der Waals surface area contributed by atoms with Crippen LogP contribution in [0.3, 0.4) is 0 Å². The second-order valence-corrected chi connectivity index (χ2v) is 2.02. The lowest BCUT2D eigenvalue weighted by molar-refractivity contribution is 0.667. The van der Waals surface area contributed by atoms with E-state index < -0.39 is 0 Å². The maximum Gasteiger partial charge on any atom is 0.0408 e. The van der Waals surface area contributed by atoms with Crippen LogP contribution in [0, 0.1) is 5.92 Å². The Bertz CT molecular complexity index is 55.2. The van der Waals surface area contributed by atoms with Gasteiger partial charge in [0.25, 0.3) is 0 Å². The first-order valence-corrected chi connectivity index (χ1v) is 2.71. The van der Waals surface area contributed by atoms with Gasteiger partial charge in [-0.1, -0.05) is 13.8 Å². The average molecular weight is 99.2 g/mol. The van der Waals surface area contributed by atoms with Crippen molar-refractivity contribution >= 4 is 6.21 Å². The van der Waals surface area contributed by atoms with Gasteiger partial charge in [-0.2, -0.15) is 0 Å². The number of hydrogen-bond donors (Lipinski definition) is 0. The summed E-state index contributed by atoms with van der Waals surface area (Å²) in [5.41, 5.74) is 0. The molecule has 0 N–H and O–H groups in total. The van der Waals surface area contributed by atoms with Crippen LogP contribution in [0.2, 0.25) is 0 Å². The molecule has 0 aliphatic carbocycles. The molecule has 1 nitrogen and oxygen atoms in total. The Labute approximate surface area is 45.5 Å². The third-order valence-corrected chi connectivity index (χ3v) is 0.653. The molecule has 0 atom stereocenters. The molecule has 0 aromatic carbocycles. The van der Waals surface area contributed by atoms with E-state index in [2.05, 4.69) is 18.8 Å². The van der Waals surface area contributed by atoms with Crippen molar-refractivity contribution < 1.29 is 0 Å². The van der Waals surface area contributed by atoms with E-state index in [0.29, 0.717) is 5.92 Å². The third kappa shape index (κ3) is 5.67. The van der Waals surface area contributed by atoms with Gasteiger partial charge in [-0.25, -0.2) is 0 Å². The highest BCUT2D eigenvalue weighted by molar-refractivity contribution is 5.53. The van der Waals surface area contributed by atoms with Gasteiger partial charge in [-0.15, -0.1) is 0 Å². The number of rotatable bonds is 2. The molecule has 0 amide bonds. The van der Waals surface area contributed by atoms with Crippen LogP contribution in [0.5, 0.6) is 0 Å². The fraction of sp³-hybridized carbons (Fsp3) is 0.833. The summed E-state index contributed by atoms with van der Waals surface area (Å²) in [5, 5.41) is 0. The van der Waals surface area contributed by atoms with Gasteiger partial charge in [0, 0.05) is 6.54 Å². The van der Waals surface area contributed by atoms with Crippen LogP contribution in [0.25, 0.3) is 0 Å². The van der Waals surface area contributed by atoms with Crippen molar-refractivity contribution in [2.75, 3.05) is 6.54 Å². The Morgan fingerprint density at radius 3 is 2.29 bits per heavy atom. The SMILES string of the molecule is C/C=N\CC(C)C. The summed E-state index contributed by atoms with van der Waals surface area (Å²) in [7, 11) is 0. The number of hydrogen-bond acceptors (Lipinski definition) is 1. The molecule has 0 bridgehead atoms. The molecule has 0 rings (SSSR count). The smallest absolute Gasteiger partial charge is 0.0408 e. The van der Waals surface area contributed by atoms with Crippen molar-refractivity contribution in [1.29, 1.82) is 0 Å². The second-order valence-electron chi connectivity index (χ2n) is 2.02. The van der Waals surface area contributed by atoms with Gasteiger partial charge in [-0.05, 0) is 19.1 Å². The number of nitrogens with zero attached hydrogens (tertiary/aromatic N) is 1. The van der Waals surface area contributed by atoms with E-state index in [1.54, 1.807) is 0 Å². The zero-order chi connectivity index (χ0) is 5.70. The monoisotopic (exact) mass is 99.1 g/mol. The highest BCUT2D eigenvalue weighted by Gasteiger charge is 1.84. The maximum atomic E-state index is 4.05. The fourth-order valence-electron chi connectivity index (χ4n) is 0.316. The Kier molecular flexibility index (Phi) is 3.67. The Morgan fingerprint density at radius 2 is 2.14 bits per heavy atom. The summed E-state index contributed by atoms with van der Waals surface area (Å²) in [6.07, 6.45) is 1.85. The van der Waals surface area contributed by atoms with Gasteiger partial charge in [0.15, 0.2) is 0 Å². The predicted octanol–water partition coefficient (Wildman–Crippen LogP) is 1.73. The van der Waals surface area contributed by atoms with E-state index in [4.69, 9.17) is 0 Å². The van der Waals surface area contributed by atoms with Crippen LogP contribution in [0.15, 0.2) is 4.99 Å². The van der Waals surface area contributed by atoms with Crippen LogP contribution in [-0.4, -0.2) is 12.8 Å². The Hall–Kier alpha value is -0.330. The zero-order valence-electron chi connectivity index (χ0n) is 5.31. The zero-order valence-corrected chi connectivity index (χ0v) is 5.31. The van der Waals surface area contributed by atoms with E-state index in [0.717, 1.165) is 6.54 Å². The minimum atomic E-state index is 0.705. The van der Waals surface area contributed by atoms with Gasteiger partial charge in [0.05, 0.1) is 0 Å². The largest absolute Gasteiger partial charge is 0.298 e. The van der Waals surface area contributed by atoms with Gasteiger partial charge in [0.1, 0.15) is 0 Å². The quantitative estimate of drug-likeness (QED) is 0.467. The highest BCUT2D eigenvalue weighted by Crippen LogP contribution is 1.89. The van der Waals surface area contributed by atoms with Crippen LogP contribution < -0.4 is 0 Å². The topological polar surface area (TPSA) is 12.4 Å². The van der Waals surface area contributed by atoms with Crippen molar-refractivity contribution in [2.24, 2.45) is 10.9 Å². The summed E-state index contributed by atoms with van der Waals surface area (Å²) in [6, 6.07) is 0. The second kappa shape index (κ2) is 3.85. The first-order chi connectivity index (χ1) is 3.27. The molecule has 0 saturated carbocycles. The van der Waals surface area contributed by atoms with Gasteiger partial charge in [-0.3, -0.25) is 4.99 Å². The highest BCUT2D eigenvalue weighted by atomic mass is 14.7. The average Bonchev–Trinajstić information content (AvgIpc) is 1.61. The molecule has 0 saturated heterocycles. The molecule has 0 aromatic rings. The Morgan fingerprint density at radius 1 is 1.57 bits per heavy atom. The molecular weight excluding hydrogens is 86.1 g/mol. The molecule has 7 heavy (non-hydrogen) atoms. The van der Waals surface area contributed by atoms with Crippen molar-refractivity contribution in [3.8, 4) is 0 Å². The molecule has 42 valence electrons. The molecule has 0 aliphatic heterocycles. The van der Waals surface area contributed by atoms with E-state index in [1.165, 1.54) is 0 Å². The molecule has 0 spiro atoms. The summed E-state index contributed by atoms with van der Waals surface area (Å²) < 4.78 is 0. The molecule has 0 heterocycles. The van der Waals surface area contributed by atoms with Crippen LogP contribution in [0.1, 0.15) is 20.8 Å². The van der Waals surface area contributed by atoms with E-state index in [9.17, 15) is 0 Å². The van der Waals surface area contributed by atoms with Gasteiger partial charge < -0.3 is 0 Å². The molecular formula is C6H13N. The Balaban J connectivity index is 2.97. The van der Waals surface area contributed by atoms with E-state index >= 15 is 0 Å². The molecule has 0 unspecified atom stereocenters. The minimum absolute atomic E-state index is 0.705. The standard InChI is InChI=1S/C6H13N/c1-4-7-5-6(2)3/h4,6H,5H2,1-3H3/b7-4-. The van der Waals surface area contributed by atoms with E-state index in [-0.39, 0.29) is 0 Å². The minimum Gasteiger partial charge on any atom is -0.298 e. The normalized spacial score (nSPS) is 11.4. The van der Waals surface area contributed by atoms with Crippen LogP contribution >= 0.6 is 0 Å². The molecule has 0 aromatic heterocycles. The summed E-state index contributed by atoms with van der Waals surface area (Å²) in [5.74, 6) is 0.705. The molecule has 0 aliphatic rings. The van der Waals surface area contributed by atoms with Gasteiger partial charge >= 0.3 is 0 Å². The van der Waals surface area contributed by atoms with Crippen molar-refractivity contribution in [3.05, 3.63) is 0 Å². The van der Waals surface area contributed by atoms with Crippen LogP contribution in [-0.2, 0) is 0 Å². The molecule has 1 heteroatoms. The maximum absolute atomic E-state index is 4.05. The third-order valence-electron chi connectivity index (χ3n) is 0.653.